The minimum atomic E-state index is -5.16. The van der Waals surface area contributed by atoms with Crippen molar-refractivity contribution in [3.05, 3.63) is 0 Å². The van der Waals surface area contributed by atoms with Gasteiger partial charge < -0.3 is 15.2 Å². The van der Waals surface area contributed by atoms with E-state index >= 15 is 0 Å². The number of hydrogen-bond donors (Lipinski definition) is 2. The number of hydrogen-bond acceptors (Lipinski definition) is 4. The lowest BCUT2D eigenvalue weighted by Gasteiger charge is -2.20. The van der Waals surface area contributed by atoms with E-state index in [0.717, 1.165) is 14.0 Å². The Kier molecular flexibility index (Phi) is 4.92. The standard InChI is InChI=1S/C8H10F3NO5/c1-3(5(13)8(9,10)11)4(6(14)15)12-7(16)17-2/h3-4H,1-2H3,(H,12,16)(H,14,15)/t3?,4-/m0/s1. The number of Topliss-reactive ketones (excluding diaryl/α,β-unsaturated/α-hetero) is 1. The second-order valence-corrected chi connectivity index (χ2v) is 3.10. The molecular weight excluding hydrogens is 247 g/mol. The molecule has 2 N–H and O–H groups in total. The maximum absolute atomic E-state index is 12.1. The minimum absolute atomic E-state index is 0.755. The molecule has 0 fully saturated rings. The topological polar surface area (TPSA) is 92.7 Å². The van der Waals surface area contributed by atoms with Crippen LogP contribution in [0.3, 0.4) is 0 Å². The van der Waals surface area contributed by atoms with Gasteiger partial charge in [0.05, 0.1) is 13.0 Å². The second kappa shape index (κ2) is 5.51. The van der Waals surface area contributed by atoms with Crippen LogP contribution < -0.4 is 5.32 Å². The van der Waals surface area contributed by atoms with Crippen LogP contribution in [0.15, 0.2) is 0 Å². The van der Waals surface area contributed by atoms with Gasteiger partial charge in [0.25, 0.3) is 0 Å². The molecule has 0 saturated carbocycles. The number of halogens is 3. The molecule has 1 unspecified atom stereocenters. The zero-order valence-corrected chi connectivity index (χ0v) is 8.87. The predicted octanol–water partition coefficient (Wildman–Crippen LogP) is 0.563. The third-order valence-corrected chi connectivity index (χ3v) is 1.92. The largest absolute Gasteiger partial charge is 0.480 e. The molecule has 0 aliphatic rings. The van der Waals surface area contributed by atoms with Crippen LogP contribution in [0.2, 0.25) is 0 Å². The summed E-state index contributed by atoms with van der Waals surface area (Å²) in [5, 5.41) is 10.3. The molecule has 98 valence electrons. The van der Waals surface area contributed by atoms with Gasteiger partial charge in [-0.25, -0.2) is 9.59 Å². The number of methoxy groups -OCH3 is 1. The van der Waals surface area contributed by atoms with Crippen LogP contribution in [0, 0.1) is 5.92 Å². The molecule has 0 bridgehead atoms. The van der Waals surface area contributed by atoms with E-state index in [1.165, 1.54) is 0 Å². The van der Waals surface area contributed by atoms with Crippen molar-refractivity contribution in [2.45, 2.75) is 19.1 Å². The number of ether oxygens (including phenoxy) is 1. The number of nitrogens with one attached hydrogen (secondary N) is 1. The van der Waals surface area contributed by atoms with Gasteiger partial charge >= 0.3 is 18.2 Å². The lowest BCUT2D eigenvalue weighted by atomic mass is 9.97. The number of ketones is 1. The molecule has 1 amide bonds. The van der Waals surface area contributed by atoms with Crippen molar-refractivity contribution in [1.82, 2.24) is 5.32 Å². The number of carboxylic acids is 1. The van der Waals surface area contributed by atoms with Gasteiger partial charge in [0.1, 0.15) is 6.04 Å². The maximum Gasteiger partial charge on any atom is 0.450 e. The molecule has 17 heavy (non-hydrogen) atoms. The van der Waals surface area contributed by atoms with Crippen molar-refractivity contribution in [2.75, 3.05) is 7.11 Å². The first-order valence-electron chi connectivity index (χ1n) is 4.29. The van der Waals surface area contributed by atoms with E-state index in [1.807, 2.05) is 0 Å². The summed E-state index contributed by atoms with van der Waals surface area (Å²) in [5.41, 5.74) is 0. The Morgan fingerprint density at radius 2 is 1.76 bits per heavy atom. The molecule has 2 atom stereocenters. The summed E-state index contributed by atoms with van der Waals surface area (Å²) in [6.45, 7) is 0.755. The van der Waals surface area contributed by atoms with Gasteiger partial charge in [-0.1, -0.05) is 6.92 Å². The van der Waals surface area contributed by atoms with Crippen LogP contribution in [0.4, 0.5) is 18.0 Å². The summed E-state index contributed by atoms with van der Waals surface area (Å²) in [4.78, 5) is 32.1. The van der Waals surface area contributed by atoms with Gasteiger partial charge in [0.15, 0.2) is 0 Å². The Morgan fingerprint density at radius 3 is 2.06 bits per heavy atom. The molecule has 0 aliphatic heterocycles. The third kappa shape index (κ3) is 4.29. The second-order valence-electron chi connectivity index (χ2n) is 3.10. The van der Waals surface area contributed by atoms with Gasteiger partial charge in [-0.05, 0) is 0 Å². The van der Waals surface area contributed by atoms with E-state index < -0.39 is 36.0 Å². The Balaban J connectivity index is 4.90. The Bertz CT molecular complexity index is 328. The third-order valence-electron chi connectivity index (χ3n) is 1.92. The van der Waals surface area contributed by atoms with Crippen LogP contribution in [-0.4, -0.2) is 42.3 Å². The Morgan fingerprint density at radius 1 is 1.29 bits per heavy atom. The SMILES string of the molecule is COC(=O)N[C@H](C(=O)O)C(C)C(=O)C(F)(F)F. The highest BCUT2D eigenvalue weighted by molar-refractivity contribution is 5.92. The number of carbonyl (C=O) groups excluding carboxylic acids is 2. The monoisotopic (exact) mass is 257 g/mol. The summed E-state index contributed by atoms with van der Waals surface area (Å²) in [5.74, 6) is -5.95. The molecule has 0 aromatic heterocycles. The molecule has 0 aromatic rings. The lowest BCUT2D eigenvalue weighted by molar-refractivity contribution is -0.177. The van der Waals surface area contributed by atoms with Crippen molar-refractivity contribution in [2.24, 2.45) is 5.92 Å². The molecule has 9 heteroatoms. The molecule has 0 rings (SSSR count). The van der Waals surface area contributed by atoms with E-state index in [2.05, 4.69) is 4.74 Å². The molecule has 6 nitrogen and oxygen atoms in total. The summed E-state index contributed by atoms with van der Waals surface area (Å²) < 4.78 is 40.2. The van der Waals surface area contributed by atoms with Gasteiger partial charge in [-0.2, -0.15) is 13.2 Å². The zero-order valence-electron chi connectivity index (χ0n) is 8.87. The number of alkyl halides is 3. The van der Waals surface area contributed by atoms with Crippen molar-refractivity contribution in [3.63, 3.8) is 0 Å². The first kappa shape index (κ1) is 15.2. The summed E-state index contributed by atoms with van der Waals surface area (Å²) in [6, 6.07) is -2.00. The summed E-state index contributed by atoms with van der Waals surface area (Å²) >= 11 is 0. The highest BCUT2D eigenvalue weighted by atomic mass is 19.4. The zero-order chi connectivity index (χ0) is 13.8. The molecule has 0 radical (unpaired) electrons. The van der Waals surface area contributed by atoms with Gasteiger partial charge in [0, 0.05) is 0 Å². The average Bonchev–Trinajstić information content (AvgIpc) is 2.21. The van der Waals surface area contributed by atoms with Crippen molar-refractivity contribution < 1.29 is 37.4 Å². The minimum Gasteiger partial charge on any atom is -0.480 e. The number of amides is 1. The smallest absolute Gasteiger partial charge is 0.450 e. The number of alkyl carbamates (subject to hydrolysis) is 1. The average molecular weight is 257 g/mol. The first-order valence-corrected chi connectivity index (χ1v) is 4.29. The van der Waals surface area contributed by atoms with Crippen molar-refractivity contribution in [3.8, 4) is 0 Å². The fourth-order valence-electron chi connectivity index (χ4n) is 0.996. The number of aliphatic carboxylic acids is 1. The van der Waals surface area contributed by atoms with E-state index in [4.69, 9.17) is 5.11 Å². The highest BCUT2D eigenvalue weighted by Crippen LogP contribution is 2.22. The fraction of sp³-hybridized carbons (Fsp3) is 0.625. The van der Waals surface area contributed by atoms with E-state index in [-0.39, 0.29) is 0 Å². The highest BCUT2D eigenvalue weighted by Gasteiger charge is 2.46. The lowest BCUT2D eigenvalue weighted by Crippen LogP contribution is -2.50. The maximum atomic E-state index is 12.1. The quantitative estimate of drug-likeness (QED) is 0.767. The normalized spacial score (nSPS) is 14.6. The Hall–Kier alpha value is -1.80. The fourth-order valence-corrected chi connectivity index (χ4v) is 0.996. The van der Waals surface area contributed by atoms with Crippen LogP contribution in [-0.2, 0) is 14.3 Å². The Labute approximate surface area is 93.7 Å². The summed E-state index contributed by atoms with van der Waals surface area (Å²) in [6.07, 6.45) is -6.40. The van der Waals surface area contributed by atoms with Crippen molar-refractivity contribution in [1.29, 1.82) is 0 Å². The first-order chi connectivity index (χ1) is 7.61. The molecule has 0 aliphatic carbocycles. The number of rotatable bonds is 4. The number of carbonyl (C=O) groups is 3. The molecule has 0 aromatic carbocycles. The van der Waals surface area contributed by atoms with Gasteiger partial charge in [-0.3, -0.25) is 4.79 Å². The van der Waals surface area contributed by atoms with Crippen molar-refractivity contribution >= 4 is 17.8 Å². The van der Waals surface area contributed by atoms with Gasteiger partial charge in [-0.15, -0.1) is 0 Å². The summed E-state index contributed by atoms with van der Waals surface area (Å²) in [7, 11) is 0.907. The predicted molar refractivity (Wildman–Crippen MR) is 47.2 cm³/mol. The van der Waals surface area contributed by atoms with Crippen LogP contribution in [0.5, 0.6) is 0 Å². The molecule has 0 spiro atoms. The molecular formula is C8H10F3NO5. The van der Waals surface area contributed by atoms with Crippen LogP contribution in [0.25, 0.3) is 0 Å². The van der Waals surface area contributed by atoms with Crippen LogP contribution in [0.1, 0.15) is 6.92 Å². The van der Waals surface area contributed by atoms with Crippen LogP contribution >= 0.6 is 0 Å². The van der Waals surface area contributed by atoms with E-state index in [9.17, 15) is 27.6 Å². The van der Waals surface area contributed by atoms with E-state index in [1.54, 1.807) is 5.32 Å². The molecule has 0 heterocycles. The number of carboxylic acid groups (broad SMARTS) is 1. The van der Waals surface area contributed by atoms with E-state index in [0.29, 0.717) is 0 Å². The van der Waals surface area contributed by atoms with Gasteiger partial charge in [0.2, 0.25) is 5.78 Å². The molecule has 0 saturated heterocycles.